The number of hydrogen-bond acceptors (Lipinski definition) is 3. The normalized spacial score (nSPS) is 12.0. The fourth-order valence-corrected chi connectivity index (χ4v) is 4.36. The second-order valence-electron chi connectivity index (χ2n) is 6.50. The number of benzene rings is 2. The van der Waals surface area contributed by atoms with Gasteiger partial charge in [0.25, 0.3) is 0 Å². The first kappa shape index (κ1) is 22.2. The fourth-order valence-electron chi connectivity index (χ4n) is 2.74. The molecule has 152 valence electrons. The average molecular weight is 422 g/mol. The summed E-state index contributed by atoms with van der Waals surface area (Å²) in [5, 5.41) is 7.18. The van der Waals surface area contributed by atoms with E-state index in [2.05, 4.69) is 15.6 Å². The highest BCUT2D eigenvalue weighted by molar-refractivity contribution is 7.90. The molecule has 28 heavy (non-hydrogen) atoms. The second-order valence-corrected chi connectivity index (χ2v) is 9.12. The summed E-state index contributed by atoms with van der Waals surface area (Å²) in [4.78, 5) is 4.48. The van der Waals surface area contributed by atoms with Crippen LogP contribution in [-0.2, 0) is 22.0 Å². The van der Waals surface area contributed by atoms with Crippen molar-refractivity contribution in [3.05, 3.63) is 70.7 Å². The summed E-state index contributed by atoms with van der Waals surface area (Å²) in [5.41, 5.74) is 1.98. The van der Waals surface area contributed by atoms with Gasteiger partial charge in [-0.1, -0.05) is 54.1 Å². The highest BCUT2D eigenvalue weighted by Crippen LogP contribution is 2.10. The molecule has 2 aromatic rings. The van der Waals surface area contributed by atoms with Gasteiger partial charge in [-0.05, 0) is 43.0 Å². The molecule has 2 rings (SSSR count). The monoisotopic (exact) mass is 421 g/mol. The number of sulfone groups is 1. The molecule has 2 aromatic carbocycles. The number of rotatable bonds is 10. The Bertz CT molecular complexity index is 855. The lowest BCUT2D eigenvalue weighted by molar-refractivity contribution is 0.592. The molecule has 0 aliphatic carbocycles. The van der Waals surface area contributed by atoms with E-state index in [1.165, 1.54) is 0 Å². The minimum atomic E-state index is -3.12. The summed E-state index contributed by atoms with van der Waals surface area (Å²) < 4.78 is 24.5. The zero-order chi connectivity index (χ0) is 20.2. The van der Waals surface area contributed by atoms with E-state index < -0.39 is 9.84 Å². The minimum absolute atomic E-state index is 0.0789. The minimum Gasteiger partial charge on any atom is -0.357 e. The highest BCUT2D eigenvalue weighted by atomic mass is 35.5. The van der Waals surface area contributed by atoms with Crippen LogP contribution in [0.3, 0.4) is 0 Å². The van der Waals surface area contributed by atoms with Gasteiger partial charge in [0, 0.05) is 24.7 Å². The van der Waals surface area contributed by atoms with Gasteiger partial charge in [0.15, 0.2) is 15.8 Å². The van der Waals surface area contributed by atoms with Crippen molar-refractivity contribution in [2.45, 2.75) is 25.5 Å². The largest absolute Gasteiger partial charge is 0.357 e. The first-order valence-electron chi connectivity index (χ1n) is 9.49. The number of aliphatic imine (C=N–C) groups is 1. The van der Waals surface area contributed by atoms with Crippen LogP contribution < -0.4 is 10.6 Å². The lowest BCUT2D eigenvalue weighted by Crippen LogP contribution is -2.38. The molecule has 0 heterocycles. The molecule has 0 radical (unpaired) electrons. The van der Waals surface area contributed by atoms with Gasteiger partial charge in [0.05, 0.1) is 11.5 Å². The van der Waals surface area contributed by atoms with Gasteiger partial charge in [-0.3, -0.25) is 4.99 Å². The molecule has 5 nitrogen and oxygen atoms in total. The molecule has 0 saturated heterocycles. The van der Waals surface area contributed by atoms with Gasteiger partial charge in [0.1, 0.15) is 0 Å². The molecule has 2 N–H and O–H groups in total. The van der Waals surface area contributed by atoms with Gasteiger partial charge < -0.3 is 10.6 Å². The molecular weight excluding hydrogens is 394 g/mol. The van der Waals surface area contributed by atoms with E-state index in [0.717, 1.165) is 35.7 Å². The van der Waals surface area contributed by atoms with Crippen molar-refractivity contribution in [1.29, 1.82) is 0 Å². The Hall–Kier alpha value is -2.05. The van der Waals surface area contributed by atoms with Gasteiger partial charge in [0.2, 0.25) is 0 Å². The Kier molecular flexibility index (Phi) is 9.31. The molecular formula is C21H28ClN3O2S. The van der Waals surface area contributed by atoms with E-state index in [4.69, 9.17) is 11.6 Å². The third-order valence-corrected chi connectivity index (χ3v) is 5.97. The van der Waals surface area contributed by atoms with Gasteiger partial charge >= 0.3 is 0 Å². The highest BCUT2D eigenvalue weighted by Gasteiger charge is 2.11. The predicted molar refractivity (Wildman–Crippen MR) is 118 cm³/mol. The summed E-state index contributed by atoms with van der Waals surface area (Å²) in [6.45, 7) is 3.92. The molecule has 0 fully saturated rings. The lowest BCUT2D eigenvalue weighted by atomic mass is 10.1. The van der Waals surface area contributed by atoms with Gasteiger partial charge in [-0.2, -0.15) is 0 Å². The van der Waals surface area contributed by atoms with Crippen molar-refractivity contribution in [3.63, 3.8) is 0 Å². The molecule has 0 amide bonds. The maximum absolute atomic E-state index is 12.2. The number of guanidine groups is 1. The van der Waals surface area contributed by atoms with E-state index >= 15 is 0 Å². The zero-order valence-electron chi connectivity index (χ0n) is 16.2. The van der Waals surface area contributed by atoms with E-state index in [1.807, 2.05) is 61.5 Å². The molecule has 7 heteroatoms. The van der Waals surface area contributed by atoms with Crippen LogP contribution in [0.1, 0.15) is 24.5 Å². The van der Waals surface area contributed by atoms with Crippen molar-refractivity contribution >= 4 is 27.4 Å². The third kappa shape index (κ3) is 8.76. The third-order valence-electron chi connectivity index (χ3n) is 4.05. The molecule has 0 saturated carbocycles. The predicted octanol–water partition coefficient (Wildman–Crippen LogP) is 3.44. The van der Waals surface area contributed by atoms with Gasteiger partial charge in [-0.15, -0.1) is 0 Å². The van der Waals surface area contributed by atoms with E-state index in [0.29, 0.717) is 18.9 Å². The Morgan fingerprint density at radius 1 is 1.04 bits per heavy atom. The van der Waals surface area contributed by atoms with E-state index in [1.54, 1.807) is 0 Å². The van der Waals surface area contributed by atoms with Crippen molar-refractivity contribution in [3.8, 4) is 0 Å². The van der Waals surface area contributed by atoms with Crippen LogP contribution in [0.2, 0.25) is 5.02 Å². The van der Waals surface area contributed by atoms with Crippen molar-refractivity contribution in [2.75, 3.05) is 25.4 Å². The molecule has 0 bridgehead atoms. The maximum atomic E-state index is 12.2. The first-order valence-corrected chi connectivity index (χ1v) is 11.7. The topological polar surface area (TPSA) is 70.6 Å². The standard InChI is InChI=1S/C21H28ClN3O2S/c1-2-23-21(25-14-12-18-10-6-11-20(22)16-18)24-13-7-15-28(26,27)17-19-8-4-3-5-9-19/h3-6,8-11,16H,2,7,12-15,17H2,1H3,(H2,23,24,25). The quantitative estimate of drug-likeness (QED) is 0.350. The summed E-state index contributed by atoms with van der Waals surface area (Å²) in [6, 6.07) is 17.0. The summed E-state index contributed by atoms with van der Waals surface area (Å²) in [5.74, 6) is 0.910. The molecule has 0 unspecified atom stereocenters. The second kappa shape index (κ2) is 11.7. The van der Waals surface area contributed by atoms with Crippen LogP contribution in [0.5, 0.6) is 0 Å². The molecule has 0 aliphatic heterocycles. The van der Waals surface area contributed by atoms with Crippen LogP contribution in [0.15, 0.2) is 59.6 Å². The zero-order valence-corrected chi connectivity index (χ0v) is 17.8. The van der Waals surface area contributed by atoms with Crippen LogP contribution in [0.4, 0.5) is 0 Å². The maximum Gasteiger partial charge on any atom is 0.191 e. The smallest absolute Gasteiger partial charge is 0.191 e. The van der Waals surface area contributed by atoms with Crippen molar-refractivity contribution in [1.82, 2.24) is 10.6 Å². The van der Waals surface area contributed by atoms with Crippen LogP contribution >= 0.6 is 11.6 Å². The summed E-state index contributed by atoms with van der Waals surface area (Å²) in [7, 11) is -3.12. The number of nitrogens with zero attached hydrogens (tertiary/aromatic N) is 1. The Morgan fingerprint density at radius 2 is 1.79 bits per heavy atom. The number of hydrogen-bond donors (Lipinski definition) is 2. The number of halogens is 1. The molecule has 0 spiro atoms. The first-order chi connectivity index (χ1) is 13.5. The van der Waals surface area contributed by atoms with Crippen molar-refractivity contribution < 1.29 is 8.42 Å². The van der Waals surface area contributed by atoms with Gasteiger partial charge in [-0.25, -0.2) is 8.42 Å². The Balaban J connectivity index is 1.76. The summed E-state index contributed by atoms with van der Waals surface area (Å²) >= 11 is 6.00. The SMILES string of the molecule is CCNC(=NCCCS(=O)(=O)Cc1ccccc1)NCCc1cccc(Cl)c1. The molecule has 0 atom stereocenters. The van der Waals surface area contributed by atoms with Crippen LogP contribution in [0, 0.1) is 0 Å². The summed E-state index contributed by atoms with van der Waals surface area (Å²) in [6.07, 6.45) is 1.33. The number of nitrogens with one attached hydrogen (secondary N) is 2. The van der Waals surface area contributed by atoms with Crippen LogP contribution in [0.25, 0.3) is 0 Å². The fraction of sp³-hybridized carbons (Fsp3) is 0.381. The molecule has 0 aliphatic rings. The van der Waals surface area contributed by atoms with E-state index in [9.17, 15) is 8.42 Å². The Labute approximate surface area is 173 Å². The Morgan fingerprint density at radius 3 is 2.50 bits per heavy atom. The average Bonchev–Trinajstić information content (AvgIpc) is 2.66. The lowest BCUT2D eigenvalue weighted by Gasteiger charge is -2.11. The van der Waals surface area contributed by atoms with E-state index in [-0.39, 0.29) is 11.5 Å². The van der Waals surface area contributed by atoms with Crippen LogP contribution in [-0.4, -0.2) is 39.8 Å². The molecule has 0 aromatic heterocycles. The van der Waals surface area contributed by atoms with Crippen molar-refractivity contribution in [2.24, 2.45) is 4.99 Å².